The molecule has 0 aliphatic rings. The molecule has 0 heterocycles. The Kier molecular flexibility index (Phi) is 4.63. The predicted molar refractivity (Wildman–Crippen MR) is 83.7 cm³/mol. The summed E-state index contributed by atoms with van der Waals surface area (Å²) in [6.45, 7) is 2.23. The molecule has 2 rings (SSSR count). The van der Waals surface area contributed by atoms with Gasteiger partial charge in [-0.05, 0) is 47.2 Å². The normalized spacial score (nSPS) is 11.0. The largest absolute Gasteiger partial charge is 0.0924 e. The fourth-order valence-corrected chi connectivity index (χ4v) is 3.18. The van der Waals surface area contributed by atoms with Gasteiger partial charge in [-0.25, -0.2) is 0 Å². The van der Waals surface area contributed by atoms with E-state index in [1.165, 1.54) is 27.5 Å². The fourth-order valence-electron chi connectivity index (χ4n) is 2.33. The van der Waals surface area contributed by atoms with Crippen LogP contribution in [0.4, 0.5) is 0 Å². The highest BCUT2D eigenvalue weighted by Gasteiger charge is 2.07. The van der Waals surface area contributed by atoms with Gasteiger partial charge in [0.1, 0.15) is 0 Å². The minimum absolute atomic E-state index is 1.02. The summed E-state index contributed by atoms with van der Waals surface area (Å²) in [6, 6.07) is 11.1. The molecule has 0 nitrogen and oxygen atoms in total. The predicted octanol–water partition coefficient (Wildman–Crippen LogP) is 5.02. The molecule has 0 saturated carbocycles. The van der Waals surface area contributed by atoms with E-state index in [1.807, 2.05) is 0 Å². The van der Waals surface area contributed by atoms with Crippen LogP contribution in [-0.2, 0) is 12.8 Å². The van der Waals surface area contributed by atoms with E-state index in [1.54, 1.807) is 0 Å². The number of halogens is 2. The standard InChI is InChI=1S/C15H16Br2/c1-11-12(6-8-16)10-13(7-9-17)15-5-3-2-4-14(11)15/h2-5,10H,6-9H2,1H3. The van der Waals surface area contributed by atoms with Crippen molar-refractivity contribution in [3.8, 4) is 0 Å². The third-order valence-corrected chi connectivity index (χ3v) is 4.03. The summed E-state index contributed by atoms with van der Waals surface area (Å²) in [4.78, 5) is 0. The van der Waals surface area contributed by atoms with Gasteiger partial charge < -0.3 is 0 Å². The number of hydrogen-bond donors (Lipinski definition) is 0. The van der Waals surface area contributed by atoms with Gasteiger partial charge in [0.05, 0.1) is 0 Å². The van der Waals surface area contributed by atoms with Crippen LogP contribution in [0.15, 0.2) is 30.3 Å². The van der Waals surface area contributed by atoms with E-state index in [4.69, 9.17) is 0 Å². The van der Waals surface area contributed by atoms with Crippen molar-refractivity contribution in [2.45, 2.75) is 19.8 Å². The summed E-state index contributed by atoms with van der Waals surface area (Å²) in [7, 11) is 0. The average molecular weight is 356 g/mol. The van der Waals surface area contributed by atoms with E-state index in [0.717, 1.165) is 23.5 Å². The van der Waals surface area contributed by atoms with Crippen molar-refractivity contribution < 1.29 is 0 Å². The van der Waals surface area contributed by atoms with Crippen LogP contribution in [0.1, 0.15) is 16.7 Å². The van der Waals surface area contributed by atoms with E-state index in [-0.39, 0.29) is 0 Å². The monoisotopic (exact) mass is 354 g/mol. The van der Waals surface area contributed by atoms with Crippen molar-refractivity contribution in [3.05, 3.63) is 47.0 Å². The molecule has 0 fully saturated rings. The molecule has 90 valence electrons. The maximum Gasteiger partial charge on any atom is 0.00720 e. The first-order chi connectivity index (χ1) is 8.27. The summed E-state index contributed by atoms with van der Waals surface area (Å²) >= 11 is 7.08. The van der Waals surface area contributed by atoms with Crippen molar-refractivity contribution in [2.75, 3.05) is 10.7 Å². The molecular weight excluding hydrogens is 340 g/mol. The molecule has 2 aromatic rings. The zero-order valence-corrected chi connectivity index (χ0v) is 13.1. The van der Waals surface area contributed by atoms with Crippen LogP contribution in [0.3, 0.4) is 0 Å². The molecule has 0 bridgehead atoms. The third-order valence-electron chi connectivity index (χ3n) is 3.23. The van der Waals surface area contributed by atoms with E-state index in [0.29, 0.717) is 0 Å². The first kappa shape index (κ1) is 13.1. The van der Waals surface area contributed by atoms with Crippen molar-refractivity contribution in [2.24, 2.45) is 0 Å². The molecule has 0 amide bonds. The van der Waals surface area contributed by atoms with Gasteiger partial charge in [-0.15, -0.1) is 0 Å². The second-order valence-electron chi connectivity index (χ2n) is 4.24. The smallest absolute Gasteiger partial charge is 0.00720 e. The van der Waals surface area contributed by atoms with E-state index < -0.39 is 0 Å². The quantitative estimate of drug-likeness (QED) is 0.675. The Labute approximate surface area is 120 Å². The summed E-state index contributed by atoms with van der Waals surface area (Å²) in [5.74, 6) is 0. The highest BCUT2D eigenvalue weighted by Crippen LogP contribution is 2.27. The second-order valence-corrected chi connectivity index (χ2v) is 5.83. The molecule has 0 N–H and O–H groups in total. The molecule has 0 aromatic heterocycles. The van der Waals surface area contributed by atoms with Crippen molar-refractivity contribution in [1.29, 1.82) is 0 Å². The Morgan fingerprint density at radius 3 is 2.12 bits per heavy atom. The highest BCUT2D eigenvalue weighted by molar-refractivity contribution is 9.09. The lowest BCUT2D eigenvalue weighted by Gasteiger charge is -2.13. The van der Waals surface area contributed by atoms with E-state index >= 15 is 0 Å². The lowest BCUT2D eigenvalue weighted by Crippen LogP contribution is -1.97. The number of hydrogen-bond acceptors (Lipinski definition) is 0. The summed E-state index contributed by atoms with van der Waals surface area (Å²) in [5, 5.41) is 4.86. The average Bonchev–Trinajstić information content (AvgIpc) is 2.36. The Bertz CT molecular complexity index is 518. The number of rotatable bonds is 4. The van der Waals surface area contributed by atoms with Crippen LogP contribution in [0, 0.1) is 6.92 Å². The van der Waals surface area contributed by atoms with Crippen LogP contribution in [0.5, 0.6) is 0 Å². The van der Waals surface area contributed by atoms with Crippen LogP contribution in [-0.4, -0.2) is 10.7 Å². The van der Waals surface area contributed by atoms with Gasteiger partial charge in [0, 0.05) is 10.7 Å². The zero-order chi connectivity index (χ0) is 12.3. The van der Waals surface area contributed by atoms with Crippen LogP contribution >= 0.6 is 31.9 Å². The van der Waals surface area contributed by atoms with Crippen LogP contribution in [0.25, 0.3) is 10.8 Å². The topological polar surface area (TPSA) is 0 Å². The van der Waals surface area contributed by atoms with Gasteiger partial charge in [-0.3, -0.25) is 0 Å². The van der Waals surface area contributed by atoms with Gasteiger partial charge in [0.25, 0.3) is 0 Å². The van der Waals surface area contributed by atoms with Crippen molar-refractivity contribution in [3.63, 3.8) is 0 Å². The summed E-state index contributed by atoms with van der Waals surface area (Å²) < 4.78 is 0. The highest BCUT2D eigenvalue weighted by atomic mass is 79.9. The maximum atomic E-state index is 3.54. The van der Waals surface area contributed by atoms with Crippen molar-refractivity contribution >= 4 is 42.6 Å². The first-order valence-corrected chi connectivity index (χ1v) is 8.14. The summed E-state index contributed by atoms with van der Waals surface area (Å²) in [6.07, 6.45) is 2.20. The number of aryl methyl sites for hydroxylation is 3. The number of benzene rings is 2. The maximum absolute atomic E-state index is 3.54. The minimum atomic E-state index is 1.02. The zero-order valence-electron chi connectivity index (χ0n) is 9.97. The summed E-state index contributed by atoms with van der Waals surface area (Å²) in [5.41, 5.74) is 4.36. The van der Waals surface area contributed by atoms with E-state index in [2.05, 4.69) is 69.1 Å². The Morgan fingerprint density at radius 2 is 1.47 bits per heavy atom. The molecule has 2 aromatic carbocycles. The molecule has 2 heteroatoms. The molecule has 0 spiro atoms. The molecule has 0 unspecified atom stereocenters. The molecule has 17 heavy (non-hydrogen) atoms. The Balaban J connectivity index is 2.66. The van der Waals surface area contributed by atoms with Gasteiger partial charge in [-0.1, -0.05) is 62.2 Å². The number of fused-ring (bicyclic) bond motifs is 1. The van der Waals surface area contributed by atoms with Gasteiger partial charge in [0.2, 0.25) is 0 Å². The second kappa shape index (κ2) is 6.01. The van der Waals surface area contributed by atoms with Gasteiger partial charge >= 0.3 is 0 Å². The SMILES string of the molecule is Cc1c(CCBr)cc(CCBr)c2ccccc12. The lowest BCUT2D eigenvalue weighted by molar-refractivity contribution is 1.11. The Morgan fingerprint density at radius 1 is 0.882 bits per heavy atom. The molecule has 0 atom stereocenters. The van der Waals surface area contributed by atoms with Gasteiger partial charge in [-0.2, -0.15) is 0 Å². The fraction of sp³-hybridized carbons (Fsp3) is 0.333. The molecule has 0 radical (unpaired) electrons. The lowest BCUT2D eigenvalue weighted by atomic mass is 9.93. The van der Waals surface area contributed by atoms with Crippen LogP contribution in [0.2, 0.25) is 0 Å². The third kappa shape index (κ3) is 2.74. The Hall–Kier alpha value is -0.340. The van der Waals surface area contributed by atoms with E-state index in [9.17, 15) is 0 Å². The molecule has 0 saturated heterocycles. The van der Waals surface area contributed by atoms with Crippen molar-refractivity contribution in [1.82, 2.24) is 0 Å². The molecule has 0 aliphatic heterocycles. The minimum Gasteiger partial charge on any atom is -0.0924 e. The molecule has 0 aliphatic carbocycles. The van der Waals surface area contributed by atoms with Gasteiger partial charge in [0.15, 0.2) is 0 Å². The number of alkyl halides is 2. The first-order valence-electron chi connectivity index (χ1n) is 5.90. The van der Waals surface area contributed by atoms with Crippen LogP contribution < -0.4 is 0 Å². The molecular formula is C15H16Br2.